The normalized spacial score (nSPS) is 19.0. The summed E-state index contributed by atoms with van der Waals surface area (Å²) in [4.78, 5) is 37.1. The molecule has 6 atom stereocenters. The summed E-state index contributed by atoms with van der Waals surface area (Å²) in [6.45, 7) is 3.88. The zero-order valence-corrected chi connectivity index (χ0v) is 42.7. The Bertz CT molecular complexity index is 1100. The molecule has 11 nitrogen and oxygen atoms in total. The molecular formula is C55H104O11. The first-order chi connectivity index (χ1) is 32.2. The van der Waals surface area contributed by atoms with E-state index in [4.69, 9.17) is 18.9 Å². The van der Waals surface area contributed by atoms with Gasteiger partial charge in [-0.3, -0.25) is 9.59 Å². The van der Waals surface area contributed by atoms with Gasteiger partial charge in [0.25, 0.3) is 0 Å². The molecular weight excluding hydrogens is 837 g/mol. The van der Waals surface area contributed by atoms with Crippen LogP contribution in [0.3, 0.4) is 0 Å². The number of hydrogen-bond donors (Lipinski definition) is 4. The van der Waals surface area contributed by atoms with Crippen LogP contribution in [0.5, 0.6) is 0 Å². The minimum atomic E-state index is -1.86. The Morgan fingerprint density at radius 2 is 0.712 bits per heavy atom. The van der Waals surface area contributed by atoms with Crippen molar-refractivity contribution in [3.05, 3.63) is 0 Å². The van der Waals surface area contributed by atoms with Gasteiger partial charge in [0.05, 0.1) is 6.61 Å². The summed E-state index contributed by atoms with van der Waals surface area (Å²) in [5.41, 5.74) is 0. The molecule has 1 aliphatic heterocycles. The van der Waals surface area contributed by atoms with E-state index in [1.54, 1.807) is 0 Å². The quantitative estimate of drug-likeness (QED) is 0.0338. The van der Waals surface area contributed by atoms with Crippen LogP contribution in [0.4, 0.5) is 0 Å². The van der Waals surface area contributed by atoms with Gasteiger partial charge in [-0.05, 0) is 12.8 Å². The number of carbonyl (C=O) groups excluding carboxylic acids is 2. The van der Waals surface area contributed by atoms with Crippen LogP contribution in [0.2, 0.25) is 0 Å². The zero-order chi connectivity index (χ0) is 48.1. The topological polar surface area (TPSA) is 169 Å². The Morgan fingerprint density at radius 3 is 1.03 bits per heavy atom. The van der Waals surface area contributed by atoms with Gasteiger partial charge in [-0.1, -0.05) is 258 Å². The molecule has 6 unspecified atom stereocenters. The molecule has 1 fully saturated rings. The third kappa shape index (κ3) is 36.2. The molecule has 0 aromatic heterocycles. The fraction of sp³-hybridized carbons (Fsp3) is 0.945. The standard InChI is InChI=1S/C55H104O11/c1-3-5-7-9-11-13-15-17-19-21-23-24-25-26-28-29-31-33-35-37-39-41-43-48(56)63-45-47(46-64-55-52(60)50(58)51(59)53(66-55)54(61)62)65-49(57)44-42-40-38-36-34-32-30-27-22-20-18-16-14-12-10-8-6-4-2/h47,50-53,55,58-60H,3-46H2,1-2H3,(H,61,62). The minimum absolute atomic E-state index is 0.192. The van der Waals surface area contributed by atoms with Gasteiger partial charge >= 0.3 is 17.9 Å². The first-order valence-corrected chi connectivity index (χ1v) is 28.1. The number of rotatable bonds is 49. The summed E-state index contributed by atoms with van der Waals surface area (Å²) in [5, 5.41) is 40.0. The Hall–Kier alpha value is -1.79. The minimum Gasteiger partial charge on any atom is -0.479 e. The van der Waals surface area contributed by atoms with Crippen LogP contribution in [-0.2, 0) is 33.3 Å². The van der Waals surface area contributed by atoms with Crippen LogP contribution in [-0.4, -0.2) is 88.4 Å². The lowest BCUT2D eigenvalue weighted by Gasteiger charge is -2.38. The number of aliphatic carboxylic acids is 1. The lowest BCUT2D eigenvalue weighted by Crippen LogP contribution is -2.60. The van der Waals surface area contributed by atoms with E-state index in [2.05, 4.69) is 13.8 Å². The Kier molecular flexibility index (Phi) is 43.0. The van der Waals surface area contributed by atoms with Crippen LogP contribution in [0, 0.1) is 0 Å². The molecule has 1 saturated heterocycles. The maximum atomic E-state index is 12.9. The lowest BCUT2D eigenvalue weighted by atomic mass is 9.99. The second-order valence-electron chi connectivity index (χ2n) is 19.8. The maximum absolute atomic E-state index is 12.9. The predicted octanol–water partition coefficient (Wildman–Crippen LogP) is 13.8. The molecule has 0 radical (unpaired) electrons. The Morgan fingerprint density at radius 1 is 0.409 bits per heavy atom. The fourth-order valence-corrected chi connectivity index (χ4v) is 9.06. The molecule has 0 aliphatic carbocycles. The van der Waals surface area contributed by atoms with Crippen LogP contribution in [0.25, 0.3) is 0 Å². The summed E-state index contributed by atoms with van der Waals surface area (Å²) in [6, 6.07) is 0. The third-order valence-corrected chi connectivity index (χ3v) is 13.5. The summed E-state index contributed by atoms with van der Waals surface area (Å²) in [5.74, 6) is -2.41. The zero-order valence-electron chi connectivity index (χ0n) is 42.7. The van der Waals surface area contributed by atoms with E-state index in [9.17, 15) is 34.8 Å². The molecule has 0 bridgehead atoms. The highest BCUT2D eigenvalue weighted by molar-refractivity contribution is 5.73. The SMILES string of the molecule is CCCCCCCCCCCCCCCCCCCCCCCCC(=O)OCC(COC1OC(C(=O)O)C(O)C(O)C1O)OC(=O)CCCCCCCCCCCCCCCCCCCC. The van der Waals surface area contributed by atoms with Crippen molar-refractivity contribution in [2.75, 3.05) is 13.2 Å². The summed E-state index contributed by atoms with van der Waals surface area (Å²) < 4.78 is 21.9. The van der Waals surface area contributed by atoms with Crippen molar-refractivity contribution < 1.29 is 53.8 Å². The highest BCUT2D eigenvalue weighted by Gasteiger charge is 2.47. The monoisotopic (exact) mass is 941 g/mol. The van der Waals surface area contributed by atoms with Gasteiger partial charge in [-0.25, -0.2) is 4.79 Å². The molecule has 4 N–H and O–H groups in total. The van der Waals surface area contributed by atoms with E-state index in [1.165, 1.54) is 205 Å². The number of carboxylic acid groups (broad SMARTS) is 1. The highest BCUT2D eigenvalue weighted by Crippen LogP contribution is 2.24. The van der Waals surface area contributed by atoms with E-state index in [0.717, 1.165) is 38.5 Å². The van der Waals surface area contributed by atoms with Crippen molar-refractivity contribution in [2.45, 2.75) is 320 Å². The van der Waals surface area contributed by atoms with E-state index < -0.39 is 54.7 Å². The number of aliphatic hydroxyl groups excluding tert-OH is 3. The largest absolute Gasteiger partial charge is 0.479 e. The predicted molar refractivity (Wildman–Crippen MR) is 266 cm³/mol. The van der Waals surface area contributed by atoms with Crippen molar-refractivity contribution in [3.63, 3.8) is 0 Å². The number of hydrogen-bond acceptors (Lipinski definition) is 10. The molecule has 1 rings (SSSR count). The van der Waals surface area contributed by atoms with Crippen molar-refractivity contribution in [2.24, 2.45) is 0 Å². The van der Waals surface area contributed by atoms with Gasteiger partial charge in [0.15, 0.2) is 18.5 Å². The number of carbonyl (C=O) groups is 3. The average molecular weight is 941 g/mol. The van der Waals surface area contributed by atoms with Crippen LogP contribution in [0.1, 0.15) is 284 Å². The molecule has 1 heterocycles. The molecule has 0 spiro atoms. The van der Waals surface area contributed by atoms with Gasteiger partial charge in [-0.2, -0.15) is 0 Å². The van der Waals surface area contributed by atoms with Crippen LogP contribution < -0.4 is 0 Å². The number of aliphatic hydroxyl groups is 3. The van der Waals surface area contributed by atoms with Crippen LogP contribution >= 0.6 is 0 Å². The second kappa shape index (κ2) is 45.6. The number of unbranched alkanes of at least 4 members (excludes halogenated alkanes) is 38. The van der Waals surface area contributed by atoms with Crippen molar-refractivity contribution >= 4 is 17.9 Å². The van der Waals surface area contributed by atoms with Gasteiger partial charge in [0, 0.05) is 12.8 Å². The second-order valence-corrected chi connectivity index (χ2v) is 19.8. The number of esters is 2. The molecule has 0 saturated carbocycles. The van der Waals surface area contributed by atoms with Gasteiger partial charge in [0.1, 0.15) is 24.9 Å². The van der Waals surface area contributed by atoms with Crippen molar-refractivity contribution in [1.82, 2.24) is 0 Å². The summed E-state index contributed by atoms with van der Waals surface area (Å²) in [7, 11) is 0. The number of carboxylic acids is 1. The summed E-state index contributed by atoms with van der Waals surface area (Å²) >= 11 is 0. The molecule has 0 aromatic carbocycles. The lowest BCUT2D eigenvalue weighted by molar-refractivity contribution is -0.298. The van der Waals surface area contributed by atoms with Crippen molar-refractivity contribution in [1.29, 1.82) is 0 Å². The van der Waals surface area contributed by atoms with Gasteiger partial charge < -0.3 is 39.4 Å². The van der Waals surface area contributed by atoms with E-state index >= 15 is 0 Å². The molecule has 11 heteroatoms. The number of ether oxygens (including phenoxy) is 4. The van der Waals surface area contributed by atoms with Gasteiger partial charge in [0.2, 0.25) is 0 Å². The van der Waals surface area contributed by atoms with Gasteiger partial charge in [-0.15, -0.1) is 0 Å². The maximum Gasteiger partial charge on any atom is 0.335 e. The molecule has 390 valence electrons. The molecule has 0 amide bonds. The Labute approximate surface area is 404 Å². The summed E-state index contributed by atoms with van der Waals surface area (Å²) in [6.07, 6.45) is 41.6. The smallest absolute Gasteiger partial charge is 0.335 e. The third-order valence-electron chi connectivity index (χ3n) is 13.5. The first kappa shape index (κ1) is 62.2. The van der Waals surface area contributed by atoms with E-state index in [0.29, 0.717) is 12.8 Å². The molecule has 1 aliphatic rings. The molecule has 66 heavy (non-hydrogen) atoms. The highest BCUT2D eigenvalue weighted by atomic mass is 16.7. The average Bonchev–Trinajstić information content (AvgIpc) is 3.30. The first-order valence-electron chi connectivity index (χ1n) is 28.1. The Balaban J connectivity index is 2.23. The van der Waals surface area contributed by atoms with E-state index in [-0.39, 0.29) is 26.1 Å². The molecule has 0 aromatic rings. The van der Waals surface area contributed by atoms with Crippen LogP contribution in [0.15, 0.2) is 0 Å². The van der Waals surface area contributed by atoms with E-state index in [1.807, 2.05) is 0 Å². The van der Waals surface area contributed by atoms with Crippen molar-refractivity contribution in [3.8, 4) is 0 Å². The fourth-order valence-electron chi connectivity index (χ4n) is 9.06.